The average Bonchev–Trinajstić information content (AvgIpc) is 2.88. The second-order valence-corrected chi connectivity index (χ2v) is 7.03. The van der Waals surface area contributed by atoms with Crippen molar-refractivity contribution in [1.29, 1.82) is 0 Å². The van der Waals surface area contributed by atoms with E-state index < -0.39 is 0 Å². The Balaban J connectivity index is 2.18. The van der Waals surface area contributed by atoms with Crippen LogP contribution in [0.5, 0.6) is 0 Å². The number of likely N-dealkylation sites (N-methyl/N-ethyl adjacent to an activating group) is 1. The van der Waals surface area contributed by atoms with Crippen LogP contribution in [0.2, 0.25) is 5.02 Å². The molecule has 1 aromatic carbocycles. The fourth-order valence-corrected chi connectivity index (χ4v) is 4.31. The highest BCUT2D eigenvalue weighted by atomic mass is 79.9. The Morgan fingerprint density at radius 3 is 2.58 bits per heavy atom. The molecule has 106 valence electrons. The molecule has 0 heterocycles. The van der Waals surface area contributed by atoms with Gasteiger partial charge in [-0.05, 0) is 55.8 Å². The largest absolute Gasteiger partial charge is 0.316 e. The van der Waals surface area contributed by atoms with Gasteiger partial charge in [-0.3, -0.25) is 0 Å². The third-order valence-corrected chi connectivity index (χ3v) is 5.68. The number of hydrogen-bond acceptors (Lipinski definition) is 1. The van der Waals surface area contributed by atoms with Crippen molar-refractivity contribution in [2.24, 2.45) is 5.41 Å². The van der Waals surface area contributed by atoms with Crippen LogP contribution in [0.1, 0.15) is 44.6 Å². The van der Waals surface area contributed by atoms with Gasteiger partial charge in [-0.15, -0.1) is 0 Å². The van der Waals surface area contributed by atoms with Gasteiger partial charge in [-0.25, -0.2) is 0 Å². The summed E-state index contributed by atoms with van der Waals surface area (Å²) in [6.07, 6.45) is 7.73. The van der Waals surface area contributed by atoms with Gasteiger partial charge in [0.15, 0.2) is 0 Å². The lowest BCUT2D eigenvalue weighted by molar-refractivity contribution is 0.192. The molecule has 1 fully saturated rings. The summed E-state index contributed by atoms with van der Waals surface area (Å²) in [6, 6.07) is 6.76. The van der Waals surface area contributed by atoms with Crippen molar-refractivity contribution >= 4 is 27.5 Å². The van der Waals surface area contributed by atoms with Gasteiger partial charge in [-0.2, -0.15) is 0 Å². The number of rotatable bonds is 5. The molecule has 1 unspecified atom stereocenters. The summed E-state index contributed by atoms with van der Waals surface area (Å²) in [5.74, 6) is 0. The molecule has 0 amide bonds. The van der Waals surface area contributed by atoms with Gasteiger partial charge in [-0.1, -0.05) is 53.4 Å². The third-order valence-electron chi connectivity index (χ3n) is 4.83. The van der Waals surface area contributed by atoms with Gasteiger partial charge in [0.2, 0.25) is 0 Å². The molecule has 0 saturated heterocycles. The molecular weight excluding hydrogens is 322 g/mol. The molecule has 1 N–H and O–H groups in total. The van der Waals surface area contributed by atoms with E-state index in [0.29, 0.717) is 11.5 Å². The number of nitrogens with one attached hydrogen (secondary N) is 1. The Labute approximate surface area is 130 Å². The molecule has 1 aromatic rings. The van der Waals surface area contributed by atoms with Crippen molar-refractivity contribution in [2.45, 2.75) is 51.5 Å². The van der Waals surface area contributed by atoms with E-state index >= 15 is 0 Å². The molecule has 2 rings (SSSR count). The van der Waals surface area contributed by atoms with Gasteiger partial charge < -0.3 is 5.32 Å². The number of benzene rings is 1. The maximum absolute atomic E-state index is 6.37. The van der Waals surface area contributed by atoms with E-state index in [1.54, 1.807) is 0 Å². The fourth-order valence-electron chi connectivity index (χ4n) is 3.56. The highest BCUT2D eigenvalue weighted by Crippen LogP contribution is 2.45. The summed E-state index contributed by atoms with van der Waals surface area (Å²) < 4.78 is 1.05. The second-order valence-electron chi connectivity index (χ2n) is 5.70. The van der Waals surface area contributed by atoms with Crippen LogP contribution in [0, 0.1) is 5.41 Å². The number of hydrogen-bond donors (Lipinski definition) is 1. The van der Waals surface area contributed by atoms with E-state index in [1.807, 2.05) is 6.07 Å². The van der Waals surface area contributed by atoms with Crippen LogP contribution in [0.3, 0.4) is 0 Å². The van der Waals surface area contributed by atoms with Crippen LogP contribution in [0.15, 0.2) is 22.7 Å². The Bertz CT molecular complexity index is 427. The van der Waals surface area contributed by atoms with E-state index in [9.17, 15) is 0 Å². The fraction of sp³-hybridized carbons (Fsp3) is 0.625. The minimum atomic E-state index is 0.463. The van der Waals surface area contributed by atoms with Gasteiger partial charge in [0.1, 0.15) is 0 Å². The number of halogens is 2. The van der Waals surface area contributed by atoms with E-state index in [0.717, 1.165) is 15.9 Å². The summed E-state index contributed by atoms with van der Waals surface area (Å²) in [5.41, 5.74) is 1.72. The summed E-state index contributed by atoms with van der Waals surface area (Å²) in [4.78, 5) is 0. The quantitative estimate of drug-likeness (QED) is 0.773. The maximum Gasteiger partial charge on any atom is 0.0449 e. The van der Waals surface area contributed by atoms with Crippen molar-refractivity contribution in [3.05, 3.63) is 33.3 Å². The highest BCUT2D eigenvalue weighted by Gasteiger charge is 2.38. The normalized spacial score (nSPS) is 19.6. The van der Waals surface area contributed by atoms with Gasteiger partial charge in [0.05, 0.1) is 0 Å². The van der Waals surface area contributed by atoms with Crippen molar-refractivity contribution in [2.75, 3.05) is 7.05 Å². The van der Waals surface area contributed by atoms with Crippen molar-refractivity contribution in [1.82, 2.24) is 5.32 Å². The highest BCUT2D eigenvalue weighted by molar-refractivity contribution is 9.10. The van der Waals surface area contributed by atoms with Crippen LogP contribution in [-0.2, 0) is 6.42 Å². The first-order valence-corrected chi connectivity index (χ1v) is 8.39. The van der Waals surface area contributed by atoms with E-state index in [-0.39, 0.29) is 0 Å². The minimum Gasteiger partial charge on any atom is -0.316 e. The van der Waals surface area contributed by atoms with Crippen molar-refractivity contribution in [3.63, 3.8) is 0 Å². The predicted octanol–water partition coefficient (Wildman–Crippen LogP) is 5.20. The Hall–Kier alpha value is -0.0500. The smallest absolute Gasteiger partial charge is 0.0449 e. The van der Waals surface area contributed by atoms with Crippen LogP contribution < -0.4 is 5.32 Å². The maximum atomic E-state index is 6.37. The Kier molecular flexibility index (Phi) is 5.33. The molecule has 1 nitrogen and oxygen atoms in total. The molecule has 0 bridgehead atoms. The summed E-state index contributed by atoms with van der Waals surface area (Å²) in [5, 5.41) is 4.43. The topological polar surface area (TPSA) is 12.0 Å². The van der Waals surface area contributed by atoms with E-state index in [1.165, 1.54) is 37.7 Å². The Morgan fingerprint density at radius 2 is 2.05 bits per heavy atom. The third kappa shape index (κ3) is 3.34. The van der Waals surface area contributed by atoms with Gasteiger partial charge >= 0.3 is 0 Å². The van der Waals surface area contributed by atoms with Crippen LogP contribution in [-0.4, -0.2) is 13.1 Å². The molecule has 1 saturated carbocycles. The standard InChI is InChI=1S/C16H23BrClN/c1-3-16(8-4-5-9-16)15(19-2)10-12-6-7-13(17)11-14(12)18/h6-7,11,15,19H,3-5,8-10H2,1-2H3. The molecule has 1 aliphatic carbocycles. The summed E-state index contributed by atoms with van der Waals surface area (Å²) in [7, 11) is 2.09. The molecule has 0 spiro atoms. The molecular formula is C16H23BrClN. The minimum absolute atomic E-state index is 0.463. The zero-order valence-electron chi connectivity index (χ0n) is 11.8. The molecule has 1 aliphatic rings. The molecule has 0 radical (unpaired) electrons. The first-order chi connectivity index (χ1) is 9.11. The zero-order valence-corrected chi connectivity index (χ0v) is 14.1. The molecule has 1 atom stereocenters. The summed E-state index contributed by atoms with van der Waals surface area (Å²) >= 11 is 9.84. The Morgan fingerprint density at radius 1 is 1.37 bits per heavy atom. The van der Waals surface area contributed by atoms with Crippen molar-refractivity contribution < 1.29 is 0 Å². The van der Waals surface area contributed by atoms with E-state index in [4.69, 9.17) is 11.6 Å². The van der Waals surface area contributed by atoms with Gasteiger partial charge in [0.25, 0.3) is 0 Å². The van der Waals surface area contributed by atoms with Crippen LogP contribution >= 0.6 is 27.5 Å². The predicted molar refractivity (Wildman–Crippen MR) is 86.9 cm³/mol. The van der Waals surface area contributed by atoms with Crippen LogP contribution in [0.4, 0.5) is 0 Å². The molecule has 3 heteroatoms. The monoisotopic (exact) mass is 343 g/mol. The first kappa shape index (κ1) is 15.3. The lowest BCUT2D eigenvalue weighted by atomic mass is 9.74. The molecule has 0 aromatic heterocycles. The van der Waals surface area contributed by atoms with Crippen LogP contribution in [0.25, 0.3) is 0 Å². The lowest BCUT2D eigenvalue weighted by Gasteiger charge is -2.37. The molecule has 19 heavy (non-hydrogen) atoms. The SMILES string of the molecule is CCC1(C(Cc2ccc(Br)cc2Cl)NC)CCCC1. The second kappa shape index (κ2) is 6.60. The zero-order chi connectivity index (χ0) is 13.9. The average molecular weight is 345 g/mol. The van der Waals surface area contributed by atoms with Crippen molar-refractivity contribution in [3.8, 4) is 0 Å². The summed E-state index contributed by atoms with van der Waals surface area (Å²) in [6.45, 7) is 2.33. The first-order valence-electron chi connectivity index (χ1n) is 7.22. The van der Waals surface area contributed by atoms with E-state index in [2.05, 4.69) is 47.4 Å². The molecule has 0 aliphatic heterocycles. The lowest BCUT2D eigenvalue weighted by Crippen LogP contribution is -2.43. The van der Waals surface area contributed by atoms with Gasteiger partial charge in [0, 0.05) is 15.5 Å².